The Labute approximate surface area is 196 Å². The number of nitrogens with one attached hydrogen (secondary N) is 2. The highest BCUT2D eigenvalue weighted by molar-refractivity contribution is 5.79. The van der Waals surface area contributed by atoms with Crippen molar-refractivity contribution in [1.82, 2.24) is 20.4 Å². The molecule has 2 saturated carbocycles. The van der Waals surface area contributed by atoms with Crippen LogP contribution in [0.15, 0.2) is 30.3 Å². The van der Waals surface area contributed by atoms with E-state index in [-0.39, 0.29) is 30.2 Å². The van der Waals surface area contributed by atoms with Crippen molar-refractivity contribution in [2.24, 2.45) is 0 Å². The molecule has 7 nitrogen and oxygen atoms in total. The van der Waals surface area contributed by atoms with E-state index in [4.69, 9.17) is 4.74 Å². The Morgan fingerprint density at radius 1 is 1.03 bits per heavy atom. The number of carbonyl (C=O) groups excluding carboxylic acids is 2. The molecule has 0 radical (unpaired) electrons. The van der Waals surface area contributed by atoms with Gasteiger partial charge >= 0.3 is 6.03 Å². The summed E-state index contributed by atoms with van der Waals surface area (Å²) in [5.74, 6) is 0.180. The number of benzene rings is 1. The van der Waals surface area contributed by atoms with E-state index in [0.717, 1.165) is 58.0 Å². The molecule has 7 heteroatoms. The van der Waals surface area contributed by atoms with Gasteiger partial charge in [0.1, 0.15) is 6.61 Å². The minimum Gasteiger partial charge on any atom is -0.363 e. The molecule has 178 valence electrons. The van der Waals surface area contributed by atoms with E-state index in [9.17, 15) is 9.59 Å². The van der Waals surface area contributed by atoms with Crippen LogP contribution >= 0.6 is 0 Å². The minimum absolute atomic E-state index is 0.00847. The largest absolute Gasteiger partial charge is 0.363 e. The van der Waals surface area contributed by atoms with Gasteiger partial charge in [0.2, 0.25) is 5.91 Å². The maximum Gasteiger partial charge on any atom is 0.315 e. The van der Waals surface area contributed by atoms with E-state index in [1.807, 2.05) is 18.2 Å². The van der Waals surface area contributed by atoms with Crippen LogP contribution in [-0.2, 0) is 9.53 Å². The van der Waals surface area contributed by atoms with Gasteiger partial charge in [-0.3, -0.25) is 9.69 Å². The van der Waals surface area contributed by atoms with Gasteiger partial charge in [0.25, 0.3) is 0 Å². The fourth-order valence-corrected chi connectivity index (χ4v) is 6.37. The topological polar surface area (TPSA) is 73.9 Å². The van der Waals surface area contributed by atoms with Crippen LogP contribution in [0.1, 0.15) is 69.4 Å². The van der Waals surface area contributed by atoms with Crippen LogP contribution in [0.5, 0.6) is 0 Å². The van der Waals surface area contributed by atoms with Crippen LogP contribution in [-0.4, -0.2) is 71.2 Å². The first-order chi connectivity index (χ1) is 16.1. The number of urea groups is 1. The molecule has 1 spiro atoms. The summed E-state index contributed by atoms with van der Waals surface area (Å²) in [6.45, 7) is 2.01. The highest BCUT2D eigenvalue weighted by atomic mass is 16.5. The van der Waals surface area contributed by atoms with Crippen molar-refractivity contribution in [1.29, 1.82) is 0 Å². The van der Waals surface area contributed by atoms with Crippen molar-refractivity contribution in [3.63, 3.8) is 0 Å². The van der Waals surface area contributed by atoms with Crippen molar-refractivity contribution in [3.05, 3.63) is 35.9 Å². The SMILES string of the molecule is O=C(NC1CC1)NC(CCN1C2CCC1CC1(C2)CN(C2CC2)C(=O)CO1)c1ccccc1. The molecule has 0 aromatic heterocycles. The summed E-state index contributed by atoms with van der Waals surface area (Å²) >= 11 is 0. The molecule has 1 aromatic rings. The Bertz CT molecular complexity index is 871. The first-order valence-corrected chi connectivity index (χ1v) is 12.9. The second kappa shape index (κ2) is 8.58. The average Bonchev–Trinajstić information content (AvgIpc) is 3.73. The van der Waals surface area contributed by atoms with Crippen molar-refractivity contribution < 1.29 is 14.3 Å². The van der Waals surface area contributed by atoms with Crippen LogP contribution in [0.3, 0.4) is 0 Å². The van der Waals surface area contributed by atoms with Crippen molar-refractivity contribution in [2.75, 3.05) is 19.7 Å². The number of hydrogen-bond acceptors (Lipinski definition) is 4. The molecule has 3 heterocycles. The van der Waals surface area contributed by atoms with Gasteiger partial charge in [-0.25, -0.2) is 4.79 Å². The fourth-order valence-electron chi connectivity index (χ4n) is 6.37. The quantitative estimate of drug-likeness (QED) is 0.667. The van der Waals surface area contributed by atoms with E-state index >= 15 is 0 Å². The second-order valence-corrected chi connectivity index (χ2v) is 10.9. The zero-order chi connectivity index (χ0) is 22.4. The van der Waals surface area contributed by atoms with Crippen molar-refractivity contribution in [2.45, 2.75) is 93.6 Å². The van der Waals surface area contributed by atoms with Gasteiger partial charge in [-0.2, -0.15) is 0 Å². The lowest BCUT2D eigenvalue weighted by Crippen LogP contribution is -2.61. The van der Waals surface area contributed by atoms with Crippen LogP contribution in [0, 0.1) is 0 Å². The molecule has 2 N–H and O–H groups in total. The third kappa shape index (κ3) is 4.62. The Kier molecular flexibility index (Phi) is 5.57. The number of rotatable bonds is 7. The molecular weight excluding hydrogens is 416 g/mol. The standard InChI is InChI=1S/C26H36N4O3/c31-24-16-33-26(17-30(24)20-8-9-20)14-21-10-11-22(15-26)29(21)13-12-23(18-4-2-1-3-5-18)28-25(32)27-19-6-7-19/h1-5,19-23H,6-17H2,(H2,27,28,32). The molecule has 3 amide bonds. The number of morpholine rings is 1. The summed E-state index contributed by atoms with van der Waals surface area (Å²) in [4.78, 5) is 29.7. The Morgan fingerprint density at radius 2 is 1.73 bits per heavy atom. The summed E-state index contributed by atoms with van der Waals surface area (Å²) < 4.78 is 6.26. The first-order valence-electron chi connectivity index (χ1n) is 12.9. The molecule has 3 atom stereocenters. The number of fused-ring (bicyclic) bond motifs is 2. The lowest BCUT2D eigenvalue weighted by Gasteiger charge is -2.50. The molecule has 3 unspecified atom stereocenters. The third-order valence-corrected chi connectivity index (χ3v) is 8.35. The monoisotopic (exact) mass is 452 g/mol. The summed E-state index contributed by atoms with van der Waals surface area (Å²) in [6.07, 6.45) is 9.85. The third-order valence-electron chi connectivity index (χ3n) is 8.35. The van der Waals surface area contributed by atoms with E-state index in [2.05, 4.69) is 32.6 Å². The number of piperidine rings is 1. The van der Waals surface area contributed by atoms with Crippen molar-refractivity contribution >= 4 is 11.9 Å². The van der Waals surface area contributed by atoms with Crippen molar-refractivity contribution in [3.8, 4) is 0 Å². The number of nitrogens with zero attached hydrogens (tertiary/aromatic N) is 2. The first kappa shape index (κ1) is 21.4. The van der Waals surface area contributed by atoms with Gasteiger partial charge in [-0.05, 0) is 63.4 Å². The van der Waals surface area contributed by atoms with E-state index in [1.54, 1.807) is 0 Å². The van der Waals surface area contributed by atoms with Gasteiger partial charge < -0.3 is 20.3 Å². The zero-order valence-electron chi connectivity index (χ0n) is 19.4. The van der Waals surface area contributed by atoms with Gasteiger partial charge in [0.05, 0.1) is 18.2 Å². The zero-order valence-corrected chi connectivity index (χ0v) is 19.4. The molecule has 6 rings (SSSR count). The number of ether oxygens (including phenoxy) is 1. The molecule has 2 aliphatic carbocycles. The summed E-state index contributed by atoms with van der Waals surface area (Å²) in [7, 11) is 0. The van der Waals surface area contributed by atoms with Crippen LogP contribution in [0.2, 0.25) is 0 Å². The lowest BCUT2D eigenvalue weighted by molar-refractivity contribution is -0.177. The highest BCUT2D eigenvalue weighted by Crippen LogP contribution is 2.45. The van der Waals surface area contributed by atoms with E-state index in [0.29, 0.717) is 24.2 Å². The summed E-state index contributed by atoms with van der Waals surface area (Å²) in [5, 5.41) is 6.31. The Balaban J connectivity index is 1.10. The maximum atomic E-state index is 12.5. The fraction of sp³-hybridized carbons (Fsp3) is 0.692. The maximum absolute atomic E-state index is 12.5. The number of carbonyl (C=O) groups is 2. The predicted octanol–water partition coefficient (Wildman–Crippen LogP) is 2.97. The molecule has 3 aliphatic heterocycles. The van der Waals surface area contributed by atoms with Crippen LogP contribution < -0.4 is 10.6 Å². The summed E-state index contributed by atoms with van der Waals surface area (Å²) in [5.41, 5.74) is 1.01. The number of amides is 3. The van der Waals surface area contributed by atoms with E-state index in [1.165, 1.54) is 18.4 Å². The average molecular weight is 453 g/mol. The van der Waals surface area contributed by atoms with E-state index < -0.39 is 0 Å². The van der Waals surface area contributed by atoms with Gasteiger partial charge in [-0.1, -0.05) is 30.3 Å². The summed E-state index contributed by atoms with van der Waals surface area (Å²) in [6, 6.07) is 12.1. The molecular formula is C26H36N4O3. The highest BCUT2D eigenvalue weighted by Gasteiger charge is 2.53. The predicted molar refractivity (Wildman–Crippen MR) is 125 cm³/mol. The Morgan fingerprint density at radius 3 is 2.39 bits per heavy atom. The molecule has 33 heavy (non-hydrogen) atoms. The normalized spacial score (nSPS) is 32.7. The second-order valence-electron chi connectivity index (χ2n) is 10.9. The van der Waals surface area contributed by atoms with Gasteiger partial charge in [-0.15, -0.1) is 0 Å². The molecule has 1 aromatic carbocycles. The van der Waals surface area contributed by atoms with Crippen LogP contribution in [0.25, 0.3) is 0 Å². The molecule has 2 bridgehead atoms. The Hall–Kier alpha value is -2.12. The minimum atomic E-state index is -0.153. The molecule has 5 fully saturated rings. The molecule has 3 saturated heterocycles. The number of hydrogen-bond donors (Lipinski definition) is 2. The molecule has 5 aliphatic rings. The van der Waals surface area contributed by atoms with Gasteiger partial charge in [0, 0.05) is 30.7 Å². The van der Waals surface area contributed by atoms with Gasteiger partial charge in [0.15, 0.2) is 0 Å². The smallest absolute Gasteiger partial charge is 0.315 e. The lowest BCUT2D eigenvalue weighted by atomic mass is 9.84. The van der Waals surface area contributed by atoms with Crippen LogP contribution in [0.4, 0.5) is 4.79 Å².